The molecule has 3 N–H and O–H groups in total. The Bertz CT molecular complexity index is 440. The lowest BCUT2D eigenvalue weighted by Crippen LogP contribution is -2.37. The van der Waals surface area contributed by atoms with Gasteiger partial charge in [-0.1, -0.05) is 30.3 Å². The molecule has 2 aliphatic rings. The molecule has 96 valence electrons. The molecule has 2 nitrogen and oxygen atoms in total. The molecule has 1 aromatic rings. The molecular weight excluding hydrogens is 220 g/mol. The Hall–Kier alpha value is -1.12. The first-order valence-corrected chi connectivity index (χ1v) is 7.01. The van der Waals surface area contributed by atoms with E-state index in [1.165, 1.54) is 12.8 Å². The van der Waals surface area contributed by atoms with Gasteiger partial charge in [0.25, 0.3) is 0 Å². The molecule has 0 radical (unpaired) electrons. The van der Waals surface area contributed by atoms with Crippen LogP contribution in [0.15, 0.2) is 36.9 Å². The molecule has 4 unspecified atom stereocenters. The first-order chi connectivity index (χ1) is 8.86. The van der Waals surface area contributed by atoms with Crippen molar-refractivity contribution < 1.29 is 0 Å². The highest BCUT2D eigenvalue weighted by atomic mass is 15.2. The van der Waals surface area contributed by atoms with Crippen LogP contribution < -0.4 is 11.3 Å². The number of hydrogen-bond acceptors (Lipinski definition) is 2. The van der Waals surface area contributed by atoms with E-state index in [2.05, 4.69) is 36.3 Å². The molecule has 0 amide bonds. The summed E-state index contributed by atoms with van der Waals surface area (Å²) >= 11 is 0. The van der Waals surface area contributed by atoms with E-state index < -0.39 is 0 Å². The first-order valence-electron chi connectivity index (χ1n) is 7.01. The van der Waals surface area contributed by atoms with E-state index in [0.29, 0.717) is 6.04 Å². The molecule has 0 bridgehead atoms. The van der Waals surface area contributed by atoms with Gasteiger partial charge in [0.15, 0.2) is 0 Å². The molecule has 0 spiro atoms. The Morgan fingerprint density at radius 1 is 1.44 bits per heavy atom. The maximum atomic E-state index is 5.74. The Morgan fingerprint density at radius 2 is 2.28 bits per heavy atom. The van der Waals surface area contributed by atoms with Gasteiger partial charge in [0, 0.05) is 6.04 Å². The minimum atomic E-state index is 0.448. The zero-order chi connectivity index (χ0) is 12.5. The zero-order valence-electron chi connectivity index (χ0n) is 10.8. The lowest BCUT2D eigenvalue weighted by Gasteiger charge is -2.15. The van der Waals surface area contributed by atoms with Crippen molar-refractivity contribution in [1.82, 2.24) is 5.43 Å². The fourth-order valence-electron chi connectivity index (χ4n) is 3.85. The molecule has 0 saturated heterocycles. The Balaban J connectivity index is 1.77. The van der Waals surface area contributed by atoms with Crippen molar-refractivity contribution in [3.8, 4) is 0 Å². The van der Waals surface area contributed by atoms with Gasteiger partial charge in [-0.25, -0.2) is 0 Å². The van der Waals surface area contributed by atoms with Crippen LogP contribution in [-0.2, 0) is 6.42 Å². The van der Waals surface area contributed by atoms with Crippen molar-refractivity contribution in [2.24, 2.45) is 17.7 Å². The number of fused-ring (bicyclic) bond motifs is 3. The van der Waals surface area contributed by atoms with Crippen molar-refractivity contribution in [3.63, 3.8) is 0 Å². The standard InChI is InChI=1S/C16H22N2/c1-2-3-8-14(18-17)16-13-10-9-11-6-4-5-7-12(11)15(13)16/h2,4-7,13-16,18H,1,3,8-10,17H2. The monoisotopic (exact) mass is 242 g/mol. The van der Waals surface area contributed by atoms with Crippen LogP contribution >= 0.6 is 0 Å². The molecule has 3 rings (SSSR count). The van der Waals surface area contributed by atoms with Gasteiger partial charge in [-0.3, -0.25) is 11.3 Å². The summed E-state index contributed by atoms with van der Waals surface area (Å²) in [6.07, 6.45) is 6.72. The van der Waals surface area contributed by atoms with Crippen molar-refractivity contribution in [2.75, 3.05) is 0 Å². The third-order valence-corrected chi connectivity index (χ3v) is 4.75. The molecule has 0 heterocycles. The number of rotatable bonds is 5. The van der Waals surface area contributed by atoms with Crippen LogP contribution in [0.25, 0.3) is 0 Å². The van der Waals surface area contributed by atoms with E-state index in [1.807, 2.05) is 6.08 Å². The van der Waals surface area contributed by atoms with Crippen LogP contribution in [-0.4, -0.2) is 6.04 Å². The number of hydrogen-bond donors (Lipinski definition) is 2. The van der Waals surface area contributed by atoms with Crippen LogP contribution in [0.2, 0.25) is 0 Å². The topological polar surface area (TPSA) is 38.0 Å². The molecule has 0 aliphatic heterocycles. The number of aryl methyl sites for hydroxylation is 1. The zero-order valence-corrected chi connectivity index (χ0v) is 10.8. The number of nitrogens with one attached hydrogen (secondary N) is 1. The third-order valence-electron chi connectivity index (χ3n) is 4.75. The second-order valence-corrected chi connectivity index (χ2v) is 5.64. The Labute approximate surface area is 109 Å². The smallest absolute Gasteiger partial charge is 0.0250 e. The Morgan fingerprint density at radius 3 is 3.06 bits per heavy atom. The fraction of sp³-hybridized carbons (Fsp3) is 0.500. The number of hydrazine groups is 1. The number of nitrogens with two attached hydrogens (primary N) is 1. The molecule has 18 heavy (non-hydrogen) atoms. The predicted octanol–water partition coefficient (Wildman–Crippen LogP) is 2.76. The van der Waals surface area contributed by atoms with Crippen LogP contribution in [0.3, 0.4) is 0 Å². The van der Waals surface area contributed by atoms with E-state index in [4.69, 9.17) is 5.84 Å². The second kappa shape index (κ2) is 4.87. The maximum absolute atomic E-state index is 5.74. The van der Waals surface area contributed by atoms with Crippen LogP contribution in [0, 0.1) is 11.8 Å². The van der Waals surface area contributed by atoms with Crippen LogP contribution in [0.5, 0.6) is 0 Å². The van der Waals surface area contributed by atoms with Gasteiger partial charge >= 0.3 is 0 Å². The summed E-state index contributed by atoms with van der Waals surface area (Å²) in [7, 11) is 0. The van der Waals surface area contributed by atoms with E-state index in [-0.39, 0.29) is 0 Å². The van der Waals surface area contributed by atoms with Gasteiger partial charge in [-0.15, -0.1) is 6.58 Å². The molecule has 1 saturated carbocycles. The fourth-order valence-corrected chi connectivity index (χ4v) is 3.85. The van der Waals surface area contributed by atoms with Gasteiger partial charge < -0.3 is 0 Å². The average Bonchev–Trinajstić information content (AvgIpc) is 3.15. The minimum absolute atomic E-state index is 0.448. The molecule has 4 atom stereocenters. The van der Waals surface area contributed by atoms with Gasteiger partial charge in [0.2, 0.25) is 0 Å². The highest BCUT2D eigenvalue weighted by Crippen LogP contribution is 2.61. The Kier molecular flexibility index (Phi) is 3.23. The van der Waals surface area contributed by atoms with E-state index >= 15 is 0 Å². The summed E-state index contributed by atoms with van der Waals surface area (Å²) in [6, 6.07) is 9.38. The van der Waals surface area contributed by atoms with Crippen molar-refractivity contribution >= 4 is 0 Å². The minimum Gasteiger partial charge on any atom is -0.271 e. The van der Waals surface area contributed by atoms with E-state index in [9.17, 15) is 0 Å². The lowest BCUT2D eigenvalue weighted by atomic mass is 9.92. The van der Waals surface area contributed by atoms with Gasteiger partial charge in [-0.05, 0) is 54.6 Å². The molecule has 1 aromatic carbocycles. The highest BCUT2D eigenvalue weighted by Gasteiger charge is 2.55. The van der Waals surface area contributed by atoms with Crippen molar-refractivity contribution in [1.29, 1.82) is 0 Å². The molecule has 1 fully saturated rings. The third kappa shape index (κ3) is 1.90. The number of benzene rings is 1. The predicted molar refractivity (Wildman–Crippen MR) is 75.0 cm³/mol. The average molecular weight is 242 g/mol. The molecule has 2 aliphatic carbocycles. The normalized spacial score (nSPS) is 30.2. The van der Waals surface area contributed by atoms with Crippen LogP contribution in [0.4, 0.5) is 0 Å². The van der Waals surface area contributed by atoms with Gasteiger partial charge in [0.05, 0.1) is 0 Å². The first kappa shape index (κ1) is 11.9. The highest BCUT2D eigenvalue weighted by molar-refractivity contribution is 5.40. The molecule has 0 aromatic heterocycles. The summed E-state index contributed by atoms with van der Waals surface area (Å²) in [5.74, 6) is 8.08. The van der Waals surface area contributed by atoms with Gasteiger partial charge in [-0.2, -0.15) is 0 Å². The van der Waals surface area contributed by atoms with Crippen LogP contribution in [0.1, 0.15) is 36.3 Å². The summed E-state index contributed by atoms with van der Waals surface area (Å²) in [5, 5.41) is 0. The van der Waals surface area contributed by atoms with Crippen molar-refractivity contribution in [3.05, 3.63) is 48.0 Å². The quantitative estimate of drug-likeness (QED) is 0.473. The summed E-state index contributed by atoms with van der Waals surface area (Å²) in [6.45, 7) is 3.80. The van der Waals surface area contributed by atoms with Gasteiger partial charge in [0.1, 0.15) is 0 Å². The van der Waals surface area contributed by atoms with Crippen molar-refractivity contribution in [2.45, 2.75) is 37.6 Å². The SMILES string of the molecule is C=CCCC(NN)C1C2CCc3ccccc3C21. The van der Waals surface area contributed by atoms with E-state index in [1.54, 1.807) is 11.1 Å². The summed E-state index contributed by atoms with van der Waals surface area (Å²) < 4.78 is 0. The lowest BCUT2D eigenvalue weighted by molar-refractivity contribution is 0.421. The largest absolute Gasteiger partial charge is 0.271 e. The molecule has 2 heteroatoms. The second-order valence-electron chi connectivity index (χ2n) is 5.64. The number of allylic oxidation sites excluding steroid dienone is 1. The maximum Gasteiger partial charge on any atom is 0.0250 e. The molecular formula is C16H22N2. The summed E-state index contributed by atoms with van der Waals surface area (Å²) in [5.41, 5.74) is 6.18. The summed E-state index contributed by atoms with van der Waals surface area (Å²) in [4.78, 5) is 0. The van der Waals surface area contributed by atoms with E-state index in [0.717, 1.165) is 30.6 Å².